The molecule has 96 valence electrons. The van der Waals surface area contributed by atoms with Crippen LogP contribution in [0.4, 0.5) is 5.69 Å². The number of hydrogen-bond donors (Lipinski definition) is 2. The first-order valence-corrected chi connectivity index (χ1v) is 6.38. The predicted molar refractivity (Wildman–Crippen MR) is 71.6 cm³/mol. The number of halogens is 1. The van der Waals surface area contributed by atoms with E-state index < -0.39 is 0 Å². The average Bonchev–Trinajstić information content (AvgIpc) is 2.24. The van der Waals surface area contributed by atoms with Gasteiger partial charge in [-0.1, -0.05) is 38.3 Å². The van der Waals surface area contributed by atoms with E-state index in [0.29, 0.717) is 5.69 Å². The number of H-pyrrole nitrogens is 1. The van der Waals surface area contributed by atoms with E-state index in [4.69, 9.17) is 11.6 Å². The van der Waals surface area contributed by atoms with Gasteiger partial charge < -0.3 is 5.32 Å². The summed E-state index contributed by atoms with van der Waals surface area (Å²) in [5.74, 6) is 0.729. The Balaban J connectivity index is 2.48. The highest BCUT2D eigenvalue weighted by atomic mass is 35.5. The lowest BCUT2D eigenvalue weighted by Crippen LogP contribution is -2.19. The molecule has 17 heavy (non-hydrogen) atoms. The molecule has 0 saturated heterocycles. The Bertz CT molecular complexity index is 403. The SMILES string of the molecule is CC(C)CCCC(C)Nc1cn[nH]c(=O)c1Cl. The van der Waals surface area contributed by atoms with Crippen molar-refractivity contribution in [3.8, 4) is 0 Å². The molecule has 1 aromatic heterocycles. The third-order valence-corrected chi connectivity index (χ3v) is 2.99. The molecule has 4 nitrogen and oxygen atoms in total. The maximum Gasteiger partial charge on any atom is 0.285 e. The Morgan fingerprint density at radius 2 is 2.12 bits per heavy atom. The zero-order valence-electron chi connectivity index (χ0n) is 10.6. The number of aromatic amines is 1. The smallest absolute Gasteiger partial charge is 0.285 e. The van der Waals surface area contributed by atoms with Crippen LogP contribution in [0.5, 0.6) is 0 Å². The van der Waals surface area contributed by atoms with Crippen LogP contribution in [0, 0.1) is 5.92 Å². The lowest BCUT2D eigenvalue weighted by atomic mass is 10.0. The summed E-state index contributed by atoms with van der Waals surface area (Å²) >= 11 is 5.88. The summed E-state index contributed by atoms with van der Waals surface area (Å²) in [7, 11) is 0. The number of aromatic nitrogens is 2. The molecule has 0 aromatic carbocycles. The fraction of sp³-hybridized carbons (Fsp3) is 0.667. The molecule has 0 spiro atoms. The average molecular weight is 258 g/mol. The van der Waals surface area contributed by atoms with Gasteiger partial charge in [0.25, 0.3) is 5.56 Å². The number of nitrogens with one attached hydrogen (secondary N) is 2. The van der Waals surface area contributed by atoms with E-state index in [1.807, 2.05) is 0 Å². The summed E-state index contributed by atoms with van der Waals surface area (Å²) in [6.07, 6.45) is 4.98. The van der Waals surface area contributed by atoms with Crippen LogP contribution in [-0.4, -0.2) is 16.2 Å². The number of nitrogens with zero attached hydrogens (tertiary/aromatic N) is 1. The van der Waals surface area contributed by atoms with Gasteiger partial charge in [0.1, 0.15) is 5.02 Å². The second-order valence-corrected chi connectivity index (χ2v) is 5.17. The summed E-state index contributed by atoms with van der Waals surface area (Å²) in [5, 5.41) is 9.40. The van der Waals surface area contributed by atoms with Crippen molar-refractivity contribution in [2.75, 3.05) is 5.32 Å². The Morgan fingerprint density at radius 1 is 1.41 bits per heavy atom. The molecule has 1 unspecified atom stereocenters. The van der Waals surface area contributed by atoms with E-state index in [1.165, 1.54) is 12.8 Å². The van der Waals surface area contributed by atoms with E-state index in [2.05, 4.69) is 36.3 Å². The summed E-state index contributed by atoms with van der Waals surface area (Å²) < 4.78 is 0. The van der Waals surface area contributed by atoms with Crippen molar-refractivity contribution in [1.29, 1.82) is 0 Å². The number of rotatable bonds is 6. The van der Waals surface area contributed by atoms with Crippen LogP contribution in [0.1, 0.15) is 40.0 Å². The van der Waals surface area contributed by atoms with Crippen LogP contribution in [0.2, 0.25) is 5.02 Å². The number of anilines is 1. The standard InChI is InChI=1S/C12H20ClN3O/c1-8(2)5-4-6-9(3)15-10-7-14-16-12(17)11(10)13/h7-9H,4-6H2,1-3H3,(H2,15,16,17). The van der Waals surface area contributed by atoms with Gasteiger partial charge in [-0.3, -0.25) is 4.79 Å². The van der Waals surface area contributed by atoms with Gasteiger partial charge in [0.05, 0.1) is 11.9 Å². The van der Waals surface area contributed by atoms with Gasteiger partial charge in [-0.2, -0.15) is 5.10 Å². The van der Waals surface area contributed by atoms with Crippen LogP contribution < -0.4 is 10.9 Å². The molecule has 0 bridgehead atoms. The van der Waals surface area contributed by atoms with Crippen molar-refractivity contribution in [2.45, 2.75) is 46.1 Å². The first-order chi connectivity index (χ1) is 8.00. The molecule has 1 atom stereocenters. The molecule has 0 saturated carbocycles. The third kappa shape index (κ3) is 4.77. The maximum absolute atomic E-state index is 11.2. The Hall–Kier alpha value is -1.03. The van der Waals surface area contributed by atoms with Crippen molar-refractivity contribution in [1.82, 2.24) is 10.2 Å². The van der Waals surface area contributed by atoms with Gasteiger partial charge in [-0.05, 0) is 19.3 Å². The Labute approximate surface area is 107 Å². The summed E-state index contributed by atoms with van der Waals surface area (Å²) in [4.78, 5) is 11.2. The Kier molecular flexibility index (Phi) is 5.48. The predicted octanol–water partition coefficient (Wildman–Crippen LogP) is 3.05. The minimum absolute atomic E-state index is 0.177. The molecular weight excluding hydrogens is 238 g/mol. The lowest BCUT2D eigenvalue weighted by Gasteiger charge is -2.15. The highest BCUT2D eigenvalue weighted by molar-refractivity contribution is 6.32. The molecular formula is C12H20ClN3O. The molecule has 1 rings (SSSR count). The fourth-order valence-electron chi connectivity index (χ4n) is 1.65. The third-order valence-electron chi connectivity index (χ3n) is 2.62. The van der Waals surface area contributed by atoms with Gasteiger partial charge >= 0.3 is 0 Å². The second kappa shape index (κ2) is 6.64. The monoisotopic (exact) mass is 257 g/mol. The summed E-state index contributed by atoms with van der Waals surface area (Å²) in [6.45, 7) is 6.52. The van der Waals surface area contributed by atoms with Crippen molar-refractivity contribution in [2.24, 2.45) is 5.92 Å². The molecule has 0 aliphatic rings. The van der Waals surface area contributed by atoms with Gasteiger partial charge in [-0.25, -0.2) is 5.10 Å². The second-order valence-electron chi connectivity index (χ2n) is 4.80. The molecule has 5 heteroatoms. The molecule has 0 aliphatic carbocycles. The highest BCUT2D eigenvalue weighted by Crippen LogP contribution is 2.17. The fourth-order valence-corrected chi connectivity index (χ4v) is 1.80. The van der Waals surface area contributed by atoms with Crippen LogP contribution in [0.15, 0.2) is 11.0 Å². The zero-order valence-corrected chi connectivity index (χ0v) is 11.3. The molecule has 2 N–H and O–H groups in total. The first kappa shape index (κ1) is 14.0. The normalized spacial score (nSPS) is 12.8. The Morgan fingerprint density at radius 3 is 2.76 bits per heavy atom. The topological polar surface area (TPSA) is 57.8 Å². The van der Waals surface area contributed by atoms with E-state index in [0.717, 1.165) is 12.3 Å². The molecule has 0 amide bonds. The van der Waals surface area contributed by atoms with Crippen LogP contribution >= 0.6 is 11.6 Å². The quantitative estimate of drug-likeness (QED) is 0.824. The van der Waals surface area contributed by atoms with Crippen LogP contribution in [0.25, 0.3) is 0 Å². The van der Waals surface area contributed by atoms with Gasteiger partial charge in [0, 0.05) is 6.04 Å². The van der Waals surface area contributed by atoms with E-state index in [1.54, 1.807) is 6.20 Å². The largest absolute Gasteiger partial charge is 0.380 e. The molecule has 0 radical (unpaired) electrons. The van der Waals surface area contributed by atoms with Crippen molar-refractivity contribution in [3.63, 3.8) is 0 Å². The molecule has 1 heterocycles. The van der Waals surface area contributed by atoms with E-state index in [9.17, 15) is 4.79 Å². The van der Waals surface area contributed by atoms with Crippen molar-refractivity contribution < 1.29 is 0 Å². The van der Waals surface area contributed by atoms with Gasteiger partial charge in [0.15, 0.2) is 0 Å². The minimum Gasteiger partial charge on any atom is -0.380 e. The van der Waals surface area contributed by atoms with Crippen LogP contribution in [-0.2, 0) is 0 Å². The summed E-state index contributed by atoms with van der Waals surface area (Å²) in [6, 6.07) is 0.287. The summed E-state index contributed by atoms with van der Waals surface area (Å²) in [5.41, 5.74) is 0.249. The molecule has 1 aromatic rings. The van der Waals surface area contributed by atoms with Crippen molar-refractivity contribution in [3.05, 3.63) is 21.6 Å². The van der Waals surface area contributed by atoms with Crippen molar-refractivity contribution >= 4 is 17.3 Å². The van der Waals surface area contributed by atoms with Gasteiger partial charge in [0.2, 0.25) is 0 Å². The lowest BCUT2D eigenvalue weighted by molar-refractivity contribution is 0.520. The first-order valence-electron chi connectivity index (χ1n) is 6.00. The molecule has 0 fully saturated rings. The van der Waals surface area contributed by atoms with E-state index >= 15 is 0 Å². The zero-order chi connectivity index (χ0) is 12.8. The maximum atomic E-state index is 11.2. The van der Waals surface area contributed by atoms with E-state index in [-0.39, 0.29) is 16.6 Å². The van der Waals surface area contributed by atoms with Crippen LogP contribution in [0.3, 0.4) is 0 Å². The minimum atomic E-state index is -0.356. The number of hydrogen-bond acceptors (Lipinski definition) is 3. The van der Waals surface area contributed by atoms with Gasteiger partial charge in [-0.15, -0.1) is 0 Å². The molecule has 0 aliphatic heterocycles. The highest BCUT2D eigenvalue weighted by Gasteiger charge is 2.08.